The molecule has 1 amide bonds. The second kappa shape index (κ2) is 5.69. The normalized spacial score (nSPS) is 31.9. The SMILES string of the molecule is CC[C@@H](NC(=O)CC1CC2CCC(C1)N2)C(=O)O. The van der Waals surface area contributed by atoms with Crippen LogP contribution in [0.1, 0.15) is 45.4 Å². The molecule has 102 valence electrons. The minimum Gasteiger partial charge on any atom is -0.480 e. The van der Waals surface area contributed by atoms with Gasteiger partial charge >= 0.3 is 5.97 Å². The topological polar surface area (TPSA) is 78.4 Å². The van der Waals surface area contributed by atoms with E-state index in [4.69, 9.17) is 5.11 Å². The van der Waals surface area contributed by atoms with Gasteiger partial charge in [0.2, 0.25) is 5.91 Å². The van der Waals surface area contributed by atoms with Crippen LogP contribution < -0.4 is 10.6 Å². The summed E-state index contributed by atoms with van der Waals surface area (Å²) in [6.45, 7) is 1.77. The lowest BCUT2D eigenvalue weighted by Gasteiger charge is -2.28. The Balaban J connectivity index is 1.79. The highest BCUT2D eigenvalue weighted by atomic mass is 16.4. The third-order valence-electron chi connectivity index (χ3n) is 4.09. The predicted molar refractivity (Wildman–Crippen MR) is 67.1 cm³/mol. The molecule has 0 spiro atoms. The molecule has 5 heteroatoms. The summed E-state index contributed by atoms with van der Waals surface area (Å²) in [6, 6.07) is 0.405. The number of carbonyl (C=O) groups excluding carboxylic acids is 1. The zero-order valence-corrected chi connectivity index (χ0v) is 10.8. The van der Waals surface area contributed by atoms with Gasteiger partial charge in [-0.1, -0.05) is 6.92 Å². The molecule has 18 heavy (non-hydrogen) atoms. The highest BCUT2D eigenvalue weighted by Crippen LogP contribution is 2.32. The van der Waals surface area contributed by atoms with Crippen molar-refractivity contribution in [3.05, 3.63) is 0 Å². The number of aliphatic carboxylic acids is 1. The minimum atomic E-state index is -0.948. The summed E-state index contributed by atoms with van der Waals surface area (Å²) in [7, 11) is 0. The van der Waals surface area contributed by atoms with Crippen LogP contribution in [0.25, 0.3) is 0 Å². The third kappa shape index (κ3) is 3.22. The zero-order valence-electron chi connectivity index (χ0n) is 10.8. The first-order valence-electron chi connectivity index (χ1n) is 6.86. The van der Waals surface area contributed by atoms with E-state index in [1.165, 1.54) is 12.8 Å². The van der Waals surface area contributed by atoms with Crippen LogP contribution in [0.15, 0.2) is 0 Å². The number of carboxylic acid groups (broad SMARTS) is 1. The van der Waals surface area contributed by atoms with Gasteiger partial charge in [0.05, 0.1) is 0 Å². The van der Waals surface area contributed by atoms with Crippen LogP contribution in [0.4, 0.5) is 0 Å². The monoisotopic (exact) mass is 254 g/mol. The molecular weight excluding hydrogens is 232 g/mol. The number of fused-ring (bicyclic) bond motifs is 2. The first kappa shape index (κ1) is 13.3. The Hall–Kier alpha value is -1.10. The highest BCUT2D eigenvalue weighted by Gasteiger charge is 2.34. The van der Waals surface area contributed by atoms with E-state index >= 15 is 0 Å². The standard InChI is InChI=1S/C13H22N2O3/c1-2-11(13(17)18)15-12(16)7-8-5-9-3-4-10(6-8)14-9/h8-11,14H,2-7H2,1H3,(H,15,16)(H,17,18)/t8?,9?,10?,11-/m1/s1. The van der Waals surface area contributed by atoms with Crippen LogP contribution in [0.2, 0.25) is 0 Å². The molecule has 2 aliphatic rings. The summed E-state index contributed by atoms with van der Waals surface area (Å²) in [6.07, 6.45) is 5.43. The van der Waals surface area contributed by atoms with Crippen molar-refractivity contribution in [3.8, 4) is 0 Å². The first-order chi connectivity index (χ1) is 8.58. The molecule has 5 nitrogen and oxygen atoms in total. The number of nitrogens with one attached hydrogen (secondary N) is 2. The maximum atomic E-state index is 11.8. The number of carbonyl (C=O) groups is 2. The molecule has 2 unspecified atom stereocenters. The summed E-state index contributed by atoms with van der Waals surface area (Å²) in [4.78, 5) is 22.7. The van der Waals surface area contributed by atoms with E-state index in [0.717, 1.165) is 12.8 Å². The molecule has 0 aromatic rings. The van der Waals surface area contributed by atoms with E-state index in [2.05, 4.69) is 10.6 Å². The van der Waals surface area contributed by atoms with Crippen molar-refractivity contribution in [3.63, 3.8) is 0 Å². The van der Waals surface area contributed by atoms with Crippen molar-refractivity contribution in [2.75, 3.05) is 0 Å². The van der Waals surface area contributed by atoms with Gasteiger partial charge in [-0.2, -0.15) is 0 Å². The van der Waals surface area contributed by atoms with Crippen molar-refractivity contribution in [2.24, 2.45) is 5.92 Å². The molecule has 0 aromatic carbocycles. The molecule has 0 saturated carbocycles. The summed E-state index contributed by atoms with van der Waals surface area (Å²) in [5.74, 6) is -0.651. The lowest BCUT2D eigenvalue weighted by atomic mass is 9.89. The van der Waals surface area contributed by atoms with Crippen molar-refractivity contribution >= 4 is 11.9 Å². The fourth-order valence-electron chi connectivity index (χ4n) is 3.20. The van der Waals surface area contributed by atoms with Crippen LogP contribution in [-0.4, -0.2) is 35.1 Å². The molecule has 2 rings (SSSR count). The Labute approximate surface area is 107 Å². The van der Waals surface area contributed by atoms with E-state index in [1.54, 1.807) is 6.92 Å². The minimum absolute atomic E-state index is 0.115. The Morgan fingerprint density at radius 2 is 1.94 bits per heavy atom. The van der Waals surface area contributed by atoms with E-state index in [-0.39, 0.29) is 5.91 Å². The summed E-state index contributed by atoms with van der Waals surface area (Å²) >= 11 is 0. The van der Waals surface area contributed by atoms with Crippen LogP contribution in [0.5, 0.6) is 0 Å². The molecule has 2 heterocycles. The van der Waals surface area contributed by atoms with Crippen molar-refractivity contribution < 1.29 is 14.7 Å². The summed E-state index contributed by atoms with van der Waals surface area (Å²) in [5.41, 5.74) is 0. The maximum Gasteiger partial charge on any atom is 0.326 e. The van der Waals surface area contributed by atoms with Gasteiger partial charge < -0.3 is 15.7 Å². The highest BCUT2D eigenvalue weighted by molar-refractivity contribution is 5.83. The van der Waals surface area contributed by atoms with Crippen LogP contribution in [0.3, 0.4) is 0 Å². The molecule has 2 aliphatic heterocycles. The molecule has 2 fully saturated rings. The number of piperidine rings is 1. The van der Waals surface area contributed by atoms with Gasteiger partial charge in [0.15, 0.2) is 0 Å². The molecule has 3 atom stereocenters. The second-order valence-corrected chi connectivity index (χ2v) is 5.55. The van der Waals surface area contributed by atoms with Gasteiger partial charge in [0.25, 0.3) is 0 Å². The van der Waals surface area contributed by atoms with Gasteiger partial charge in [-0.05, 0) is 38.0 Å². The Kier molecular flexibility index (Phi) is 4.22. The van der Waals surface area contributed by atoms with E-state index in [0.29, 0.717) is 30.8 Å². The number of hydrogen-bond donors (Lipinski definition) is 3. The molecule has 2 saturated heterocycles. The van der Waals surface area contributed by atoms with Crippen LogP contribution in [0, 0.1) is 5.92 Å². The molecule has 0 aliphatic carbocycles. The average molecular weight is 254 g/mol. The van der Waals surface area contributed by atoms with Gasteiger partial charge in [0.1, 0.15) is 6.04 Å². The molecule has 0 aromatic heterocycles. The fourth-order valence-corrected chi connectivity index (χ4v) is 3.20. The van der Waals surface area contributed by atoms with E-state index in [1.807, 2.05) is 0 Å². The van der Waals surface area contributed by atoms with Gasteiger partial charge in [-0.25, -0.2) is 4.79 Å². The van der Waals surface area contributed by atoms with Gasteiger partial charge in [-0.3, -0.25) is 4.79 Å². The largest absolute Gasteiger partial charge is 0.480 e. The molecule has 2 bridgehead atoms. The lowest BCUT2D eigenvalue weighted by molar-refractivity contribution is -0.142. The zero-order chi connectivity index (χ0) is 13.1. The molecular formula is C13H22N2O3. The van der Waals surface area contributed by atoms with Crippen LogP contribution in [-0.2, 0) is 9.59 Å². The predicted octanol–water partition coefficient (Wildman–Crippen LogP) is 0.886. The number of amides is 1. The van der Waals surface area contributed by atoms with Gasteiger partial charge in [0, 0.05) is 18.5 Å². The van der Waals surface area contributed by atoms with E-state index < -0.39 is 12.0 Å². The Morgan fingerprint density at radius 1 is 1.33 bits per heavy atom. The quantitative estimate of drug-likeness (QED) is 0.680. The van der Waals surface area contributed by atoms with Crippen molar-refractivity contribution in [2.45, 2.75) is 63.6 Å². The van der Waals surface area contributed by atoms with Gasteiger partial charge in [-0.15, -0.1) is 0 Å². The third-order valence-corrected chi connectivity index (χ3v) is 4.09. The molecule has 0 radical (unpaired) electrons. The second-order valence-electron chi connectivity index (χ2n) is 5.55. The maximum absolute atomic E-state index is 11.8. The Bertz CT molecular complexity index is 320. The van der Waals surface area contributed by atoms with Crippen LogP contribution >= 0.6 is 0 Å². The van der Waals surface area contributed by atoms with Crippen molar-refractivity contribution in [1.29, 1.82) is 0 Å². The fraction of sp³-hybridized carbons (Fsp3) is 0.846. The van der Waals surface area contributed by atoms with E-state index in [9.17, 15) is 9.59 Å². The lowest BCUT2D eigenvalue weighted by Crippen LogP contribution is -2.43. The summed E-state index contributed by atoms with van der Waals surface area (Å²) in [5, 5.41) is 15.0. The summed E-state index contributed by atoms with van der Waals surface area (Å²) < 4.78 is 0. The number of hydrogen-bond acceptors (Lipinski definition) is 3. The average Bonchev–Trinajstić information content (AvgIpc) is 2.65. The number of rotatable bonds is 5. The molecule has 3 N–H and O–H groups in total. The first-order valence-corrected chi connectivity index (χ1v) is 6.86. The number of carboxylic acids is 1. The van der Waals surface area contributed by atoms with Crippen molar-refractivity contribution in [1.82, 2.24) is 10.6 Å². The Morgan fingerprint density at radius 3 is 2.44 bits per heavy atom. The smallest absolute Gasteiger partial charge is 0.326 e.